The Morgan fingerprint density at radius 3 is 2.56 bits per heavy atom. The second-order valence-electron chi connectivity index (χ2n) is 19.3. The van der Waals surface area contributed by atoms with Crippen molar-refractivity contribution in [1.29, 1.82) is 5.26 Å². The molecule has 5 aliphatic heterocycles. The van der Waals surface area contributed by atoms with Crippen molar-refractivity contribution in [2.45, 2.75) is 128 Å². The first-order valence-electron chi connectivity index (χ1n) is 20.9. The topological polar surface area (TPSA) is 133 Å². The van der Waals surface area contributed by atoms with E-state index < -0.39 is 40.6 Å². The summed E-state index contributed by atoms with van der Waals surface area (Å²) >= 11 is 8.26. The van der Waals surface area contributed by atoms with Gasteiger partial charge in [0.1, 0.15) is 52.2 Å². The van der Waals surface area contributed by atoms with E-state index in [0.29, 0.717) is 42.7 Å². The van der Waals surface area contributed by atoms with E-state index in [9.17, 15) is 19.2 Å². The number of nitriles is 1. The molecule has 0 radical (unpaired) electrons. The van der Waals surface area contributed by atoms with E-state index in [1.165, 1.54) is 12.1 Å². The molecule has 0 aliphatic carbocycles. The predicted molar refractivity (Wildman–Crippen MR) is 227 cm³/mol. The number of carbonyl (C=O) groups is 2. The molecule has 2 aromatic carbocycles. The number of hydrogen-bond donors (Lipinski definition) is 1. The Balaban J connectivity index is 1.22. The zero-order chi connectivity index (χ0) is 43.5. The predicted octanol–water partition coefficient (Wildman–Crippen LogP) is 9.77. The lowest BCUT2D eigenvalue weighted by molar-refractivity contribution is 0.00489. The number of ether oxygens (including phenoxy) is 3. The molecule has 2 aromatic heterocycles. The van der Waals surface area contributed by atoms with Crippen molar-refractivity contribution < 1.29 is 37.0 Å². The van der Waals surface area contributed by atoms with Gasteiger partial charge in [0.05, 0.1) is 44.3 Å². The highest BCUT2D eigenvalue weighted by molar-refractivity contribution is 7.23. The van der Waals surface area contributed by atoms with Crippen LogP contribution in [0, 0.1) is 28.9 Å². The van der Waals surface area contributed by atoms with E-state index >= 15 is 8.78 Å². The van der Waals surface area contributed by atoms with Crippen molar-refractivity contribution in [1.82, 2.24) is 19.8 Å². The Hall–Kier alpha value is -4.59. The smallest absolute Gasteiger partial charge is 0.412 e. The number of aromatic nitrogens is 2. The van der Waals surface area contributed by atoms with Crippen molar-refractivity contribution in [3.8, 4) is 23.2 Å². The van der Waals surface area contributed by atoms with Gasteiger partial charge in [0.25, 0.3) is 0 Å². The number of hydrogen-bond acceptors (Lipinski definition) is 11. The van der Waals surface area contributed by atoms with Crippen LogP contribution in [0.1, 0.15) is 91.7 Å². The van der Waals surface area contributed by atoms with Crippen LogP contribution in [-0.2, 0) is 15.9 Å². The number of fused-ring (bicyclic) bond motifs is 7. The molecule has 4 saturated heterocycles. The summed E-state index contributed by atoms with van der Waals surface area (Å²) in [5.74, 6) is -1.24. The Labute approximate surface area is 361 Å². The summed E-state index contributed by atoms with van der Waals surface area (Å²) in [5, 5.41) is 13.7. The van der Waals surface area contributed by atoms with Crippen LogP contribution in [0.15, 0.2) is 12.1 Å². The maximum Gasteiger partial charge on any atom is 0.412 e. The van der Waals surface area contributed by atoms with Crippen molar-refractivity contribution in [3.05, 3.63) is 39.9 Å². The van der Waals surface area contributed by atoms with Crippen LogP contribution in [-0.4, -0.2) is 99.2 Å². The van der Waals surface area contributed by atoms with Crippen LogP contribution >= 0.6 is 22.9 Å². The average molecular weight is 880 g/mol. The van der Waals surface area contributed by atoms with E-state index in [2.05, 4.69) is 28.1 Å². The van der Waals surface area contributed by atoms with E-state index in [4.69, 9.17) is 35.8 Å². The molecule has 9 rings (SSSR count). The minimum Gasteiger partial charge on any atom is -0.461 e. The van der Waals surface area contributed by atoms with Crippen LogP contribution < -0.4 is 15.0 Å². The summed E-state index contributed by atoms with van der Waals surface area (Å²) in [6.45, 7) is 14.3. The molecule has 61 heavy (non-hydrogen) atoms. The summed E-state index contributed by atoms with van der Waals surface area (Å²) in [5.41, 5.74) is -1.64. The molecule has 4 aromatic rings. The van der Waals surface area contributed by atoms with Crippen molar-refractivity contribution in [2.75, 3.05) is 36.5 Å². The fourth-order valence-electron chi connectivity index (χ4n) is 10.6. The maximum atomic E-state index is 17.9. The lowest BCUT2D eigenvalue weighted by Crippen LogP contribution is -2.63. The molecule has 0 saturated carbocycles. The lowest BCUT2D eigenvalue weighted by Gasteiger charge is -2.49. The molecule has 4 fully saturated rings. The molecule has 7 heterocycles. The Kier molecular flexibility index (Phi) is 10.1. The van der Waals surface area contributed by atoms with Gasteiger partial charge < -0.3 is 19.1 Å². The highest BCUT2D eigenvalue weighted by Gasteiger charge is 2.54. The van der Waals surface area contributed by atoms with Gasteiger partial charge in [-0.15, -0.1) is 11.3 Å². The average Bonchev–Trinajstić information content (AvgIpc) is 3.88. The number of rotatable bonds is 5. The summed E-state index contributed by atoms with van der Waals surface area (Å²) in [6, 6.07) is 3.84. The van der Waals surface area contributed by atoms with Crippen molar-refractivity contribution in [2.24, 2.45) is 5.92 Å². The van der Waals surface area contributed by atoms with Gasteiger partial charge in [-0.3, -0.25) is 15.1 Å². The first-order chi connectivity index (χ1) is 28.8. The van der Waals surface area contributed by atoms with Crippen LogP contribution in [0.3, 0.4) is 0 Å². The first kappa shape index (κ1) is 41.7. The molecule has 6 atom stereocenters. The SMILES string of the molecule is C[C@H]1Cc2c(Cl)c(-c3ccc(F)c4sc(NC(=O)OC(C)(C)C)c(C#N)c34)c(F)c3nc(OC[C@@]45CCCN4C[C@H](F)C5)nc(c23)N2C[C@H]3CC[C@@H]([C@H]12)N3C(=O)OC(C)(C)C. The summed E-state index contributed by atoms with van der Waals surface area (Å²) in [7, 11) is 0. The molecular formula is C44H49ClF3N7O5S. The minimum atomic E-state index is -0.988. The fraction of sp³-hybridized carbons (Fsp3) is 0.568. The summed E-state index contributed by atoms with van der Waals surface area (Å²) in [4.78, 5) is 42.6. The Morgan fingerprint density at radius 1 is 1.08 bits per heavy atom. The van der Waals surface area contributed by atoms with E-state index in [-0.39, 0.29) is 85.1 Å². The monoisotopic (exact) mass is 879 g/mol. The van der Waals surface area contributed by atoms with Gasteiger partial charge in [0.2, 0.25) is 0 Å². The van der Waals surface area contributed by atoms with Gasteiger partial charge in [-0.1, -0.05) is 24.6 Å². The molecule has 0 spiro atoms. The second kappa shape index (κ2) is 14.8. The molecule has 324 valence electrons. The normalized spacial score (nSPS) is 26.0. The molecule has 1 N–H and O–H groups in total. The fourth-order valence-corrected chi connectivity index (χ4v) is 12.0. The number of alkyl halides is 1. The van der Waals surface area contributed by atoms with E-state index in [0.717, 1.165) is 43.6 Å². The highest BCUT2D eigenvalue weighted by atomic mass is 35.5. The van der Waals surface area contributed by atoms with Crippen LogP contribution in [0.2, 0.25) is 5.02 Å². The van der Waals surface area contributed by atoms with E-state index in [1.54, 1.807) is 20.8 Å². The number of halogens is 4. The number of nitrogens with zero attached hydrogens (tertiary/aromatic N) is 6. The van der Waals surface area contributed by atoms with E-state index in [1.807, 2.05) is 25.7 Å². The molecule has 12 nitrogen and oxygen atoms in total. The number of thiophene rings is 1. The summed E-state index contributed by atoms with van der Waals surface area (Å²) in [6.07, 6.45) is 1.56. The van der Waals surface area contributed by atoms with Crippen LogP contribution in [0.25, 0.3) is 32.1 Å². The molecule has 2 bridgehead atoms. The Bertz CT molecular complexity index is 2540. The highest BCUT2D eigenvalue weighted by Crippen LogP contribution is 2.52. The van der Waals surface area contributed by atoms with Gasteiger partial charge in [-0.05, 0) is 103 Å². The van der Waals surface area contributed by atoms with Crippen molar-refractivity contribution >= 4 is 66.9 Å². The number of amides is 2. The van der Waals surface area contributed by atoms with Gasteiger partial charge in [0, 0.05) is 30.5 Å². The van der Waals surface area contributed by atoms with Crippen LogP contribution in [0.4, 0.5) is 33.6 Å². The Morgan fingerprint density at radius 2 is 1.84 bits per heavy atom. The van der Waals surface area contributed by atoms with Crippen LogP contribution in [0.5, 0.6) is 6.01 Å². The summed E-state index contributed by atoms with van der Waals surface area (Å²) < 4.78 is 66.2. The maximum absolute atomic E-state index is 17.9. The minimum absolute atomic E-state index is 0.0146. The second-order valence-corrected chi connectivity index (χ2v) is 20.7. The lowest BCUT2D eigenvalue weighted by atomic mass is 9.86. The zero-order valence-electron chi connectivity index (χ0n) is 35.3. The number of piperazine rings is 1. The largest absolute Gasteiger partial charge is 0.461 e. The number of carbonyl (C=O) groups excluding carboxylic acids is 2. The molecule has 0 unspecified atom stereocenters. The number of benzene rings is 2. The van der Waals surface area contributed by atoms with Gasteiger partial charge >= 0.3 is 18.2 Å². The first-order valence-corrected chi connectivity index (χ1v) is 22.1. The molecule has 5 aliphatic rings. The number of anilines is 2. The number of nitrogens with one attached hydrogen (secondary N) is 1. The third-order valence-corrected chi connectivity index (χ3v) is 14.3. The van der Waals surface area contributed by atoms with Gasteiger partial charge in [-0.25, -0.2) is 22.8 Å². The molecule has 17 heteroatoms. The standard InChI is InChI=1S/C44H49ClF3N7O5S/c1-21-15-25-31-34(33(48)30(32(25)45)24-10-11-27(47)36-29(24)26(17-49)38(61-36)52-40(56)59-42(2,3)4)50-39(58-20-44-13-8-14-53(44)18-22(46)16-44)51-37(31)54-19-23-9-12-28(35(21)54)55(23)41(57)60-43(5,6)7/h10-11,21-23,28,35H,8-9,12-16,18-20H2,1-7H3,(H,52,56)/t21-,22+,23+,28-,35-,44-/m0/s1. The molecular weight excluding hydrogens is 831 g/mol. The zero-order valence-corrected chi connectivity index (χ0v) is 36.8. The van der Waals surface area contributed by atoms with Gasteiger partial charge in [-0.2, -0.15) is 15.2 Å². The third-order valence-electron chi connectivity index (χ3n) is 12.8. The molecule has 2 amide bonds. The third kappa shape index (κ3) is 7.08. The quantitative estimate of drug-likeness (QED) is 0.207. The van der Waals surface area contributed by atoms with Crippen molar-refractivity contribution in [3.63, 3.8) is 0 Å². The van der Waals surface area contributed by atoms with Gasteiger partial charge in [0.15, 0.2) is 5.82 Å².